The zero-order valence-electron chi connectivity index (χ0n) is 17.0. The number of ether oxygens (including phenoxy) is 1. The third kappa shape index (κ3) is 4.74. The van der Waals surface area contributed by atoms with Gasteiger partial charge in [0.25, 0.3) is 15.9 Å². The van der Waals surface area contributed by atoms with Crippen molar-refractivity contribution in [2.24, 2.45) is 7.05 Å². The van der Waals surface area contributed by atoms with Gasteiger partial charge in [-0.2, -0.15) is 5.10 Å². The molecule has 0 spiro atoms. The van der Waals surface area contributed by atoms with Crippen LogP contribution in [-0.2, 0) is 28.4 Å². The van der Waals surface area contributed by atoms with Gasteiger partial charge in [0.2, 0.25) is 0 Å². The monoisotopic (exact) mass is 427 g/mol. The van der Waals surface area contributed by atoms with Crippen LogP contribution in [0.4, 0.5) is 0 Å². The first-order valence-corrected chi connectivity index (χ1v) is 10.7. The van der Waals surface area contributed by atoms with Crippen molar-refractivity contribution in [3.8, 4) is 0 Å². The summed E-state index contributed by atoms with van der Waals surface area (Å²) in [5, 5.41) is 4.00. The van der Waals surface area contributed by atoms with Crippen LogP contribution in [0.2, 0.25) is 5.15 Å². The van der Waals surface area contributed by atoms with Crippen LogP contribution in [0.3, 0.4) is 0 Å². The van der Waals surface area contributed by atoms with E-state index in [0.717, 1.165) is 9.87 Å². The molecular weight excluding hydrogens is 402 g/mol. The van der Waals surface area contributed by atoms with Gasteiger partial charge in [0.05, 0.1) is 17.9 Å². The molecule has 154 valence electrons. The van der Waals surface area contributed by atoms with E-state index in [1.54, 1.807) is 45.2 Å². The molecule has 0 N–H and O–H groups in total. The van der Waals surface area contributed by atoms with Crippen LogP contribution in [0.5, 0.6) is 0 Å². The number of halogens is 1. The van der Waals surface area contributed by atoms with Crippen LogP contribution >= 0.6 is 11.6 Å². The van der Waals surface area contributed by atoms with Gasteiger partial charge in [0, 0.05) is 19.2 Å². The molecule has 0 saturated carbocycles. The zero-order chi connectivity index (χ0) is 21.3. The van der Waals surface area contributed by atoms with E-state index >= 15 is 0 Å². The van der Waals surface area contributed by atoms with Crippen LogP contribution in [0.1, 0.15) is 49.3 Å². The fourth-order valence-electron chi connectivity index (χ4n) is 2.62. The van der Waals surface area contributed by atoms with Crippen molar-refractivity contribution in [1.82, 2.24) is 14.1 Å². The highest BCUT2D eigenvalue weighted by Crippen LogP contribution is 2.28. The Morgan fingerprint density at radius 3 is 2.25 bits per heavy atom. The third-order valence-corrected chi connectivity index (χ3v) is 6.59. The van der Waals surface area contributed by atoms with Crippen molar-refractivity contribution in [3.63, 3.8) is 0 Å². The Labute approximate surface area is 171 Å². The maximum Gasteiger partial charge on any atom is 0.271 e. The molecule has 1 amide bonds. The molecule has 0 fully saturated rings. The number of hydrogen-bond acceptors (Lipinski definition) is 5. The summed E-state index contributed by atoms with van der Waals surface area (Å²) >= 11 is 6.11. The molecule has 0 unspecified atom stereocenters. The summed E-state index contributed by atoms with van der Waals surface area (Å²) < 4.78 is 33.9. The summed E-state index contributed by atoms with van der Waals surface area (Å²) in [4.78, 5) is 12.7. The Morgan fingerprint density at radius 2 is 1.82 bits per heavy atom. The maximum absolute atomic E-state index is 13.1. The van der Waals surface area contributed by atoms with E-state index in [4.69, 9.17) is 16.3 Å². The standard InChI is InChI=1S/C19H26ClN3O4S/c1-7-23(28(25,26)16-13(2)21-22(6)17(16)20)18(24)15-10-8-14(9-11-15)12-27-19(3,4)5/h8-11H,7,12H2,1-6H3. The van der Waals surface area contributed by atoms with Crippen molar-refractivity contribution >= 4 is 27.5 Å². The minimum atomic E-state index is -4.13. The number of sulfonamides is 1. The highest BCUT2D eigenvalue weighted by atomic mass is 35.5. The summed E-state index contributed by atoms with van der Waals surface area (Å²) in [5.74, 6) is -0.620. The zero-order valence-corrected chi connectivity index (χ0v) is 18.6. The first-order chi connectivity index (χ1) is 12.9. The fraction of sp³-hybridized carbons (Fsp3) is 0.474. The second kappa shape index (κ2) is 8.23. The van der Waals surface area contributed by atoms with Gasteiger partial charge in [-0.25, -0.2) is 12.7 Å². The first kappa shape index (κ1) is 22.4. The maximum atomic E-state index is 13.1. The van der Waals surface area contributed by atoms with Gasteiger partial charge in [0.1, 0.15) is 10.0 Å². The summed E-state index contributed by atoms with van der Waals surface area (Å²) in [7, 11) is -2.59. The average Bonchev–Trinajstić information content (AvgIpc) is 2.85. The van der Waals surface area contributed by atoms with E-state index in [9.17, 15) is 13.2 Å². The van der Waals surface area contributed by atoms with E-state index in [2.05, 4.69) is 5.10 Å². The number of carbonyl (C=O) groups excluding carboxylic acids is 1. The van der Waals surface area contributed by atoms with Gasteiger partial charge in [0.15, 0.2) is 0 Å². The van der Waals surface area contributed by atoms with Crippen molar-refractivity contribution in [3.05, 3.63) is 46.2 Å². The van der Waals surface area contributed by atoms with E-state index in [-0.39, 0.29) is 33.5 Å². The average molecular weight is 428 g/mol. The third-order valence-electron chi connectivity index (χ3n) is 4.03. The summed E-state index contributed by atoms with van der Waals surface area (Å²) in [6, 6.07) is 6.70. The highest BCUT2D eigenvalue weighted by Gasteiger charge is 2.34. The molecule has 1 aromatic carbocycles. The Balaban J connectivity index is 2.30. The Hall–Kier alpha value is -1.90. The predicted octanol–water partition coefficient (Wildman–Crippen LogP) is 3.55. The lowest BCUT2D eigenvalue weighted by molar-refractivity contribution is -0.0149. The van der Waals surface area contributed by atoms with Crippen LogP contribution < -0.4 is 0 Å². The molecule has 0 atom stereocenters. The molecule has 9 heteroatoms. The highest BCUT2D eigenvalue weighted by molar-refractivity contribution is 7.89. The molecule has 7 nitrogen and oxygen atoms in total. The van der Waals surface area contributed by atoms with Gasteiger partial charge >= 0.3 is 0 Å². The molecule has 0 aliphatic rings. The lowest BCUT2D eigenvalue weighted by atomic mass is 10.1. The van der Waals surface area contributed by atoms with Crippen molar-refractivity contribution in [2.75, 3.05) is 6.54 Å². The van der Waals surface area contributed by atoms with Gasteiger partial charge in [-0.3, -0.25) is 9.48 Å². The predicted molar refractivity (Wildman–Crippen MR) is 108 cm³/mol. The molecule has 2 rings (SSSR count). The quantitative estimate of drug-likeness (QED) is 0.704. The number of amides is 1. The Kier molecular flexibility index (Phi) is 6.58. The van der Waals surface area contributed by atoms with E-state index in [0.29, 0.717) is 6.61 Å². The molecule has 1 heterocycles. The van der Waals surface area contributed by atoms with Crippen molar-refractivity contribution in [1.29, 1.82) is 0 Å². The number of nitrogens with zero attached hydrogens (tertiary/aromatic N) is 3. The largest absolute Gasteiger partial charge is 0.371 e. The summed E-state index contributed by atoms with van der Waals surface area (Å²) in [6.07, 6.45) is 0. The van der Waals surface area contributed by atoms with E-state index in [1.807, 2.05) is 20.8 Å². The van der Waals surface area contributed by atoms with Gasteiger partial charge in [-0.15, -0.1) is 0 Å². The molecular formula is C19H26ClN3O4S. The Morgan fingerprint density at radius 1 is 1.25 bits per heavy atom. The van der Waals surface area contributed by atoms with Crippen LogP contribution in [0, 0.1) is 6.92 Å². The summed E-state index contributed by atoms with van der Waals surface area (Å²) in [6.45, 7) is 9.39. The smallest absolute Gasteiger partial charge is 0.271 e. The topological polar surface area (TPSA) is 81.5 Å². The number of hydrogen-bond donors (Lipinski definition) is 0. The van der Waals surface area contributed by atoms with E-state index < -0.39 is 15.9 Å². The summed E-state index contributed by atoms with van der Waals surface area (Å²) in [5.41, 5.74) is 1.13. The SMILES string of the molecule is CCN(C(=O)c1ccc(COC(C)(C)C)cc1)S(=O)(=O)c1c(C)nn(C)c1Cl. The second-order valence-corrected chi connectivity index (χ2v) is 9.56. The van der Waals surface area contributed by atoms with Crippen LogP contribution in [0.25, 0.3) is 0 Å². The molecule has 0 saturated heterocycles. The molecule has 1 aromatic heterocycles. The fourth-order valence-corrected chi connectivity index (χ4v) is 4.73. The normalized spacial score (nSPS) is 12.2. The molecule has 0 aliphatic carbocycles. The second-order valence-electron chi connectivity index (χ2n) is 7.40. The van der Waals surface area contributed by atoms with Gasteiger partial charge in [-0.1, -0.05) is 23.7 Å². The minimum absolute atomic E-state index is 0.0271. The number of carbonyl (C=O) groups is 1. The van der Waals surface area contributed by atoms with Gasteiger partial charge in [-0.05, 0) is 52.3 Å². The number of rotatable bonds is 6. The van der Waals surface area contributed by atoms with Crippen molar-refractivity contribution < 1.29 is 17.9 Å². The van der Waals surface area contributed by atoms with Crippen molar-refractivity contribution in [2.45, 2.75) is 51.7 Å². The molecule has 0 bridgehead atoms. The van der Waals surface area contributed by atoms with Crippen LogP contribution in [0.15, 0.2) is 29.2 Å². The molecule has 2 aromatic rings. The lowest BCUT2D eigenvalue weighted by Crippen LogP contribution is -2.37. The molecule has 28 heavy (non-hydrogen) atoms. The van der Waals surface area contributed by atoms with E-state index in [1.165, 1.54) is 4.68 Å². The number of aromatic nitrogens is 2. The van der Waals surface area contributed by atoms with Gasteiger partial charge < -0.3 is 4.74 Å². The molecule has 0 aliphatic heterocycles. The number of benzene rings is 1. The minimum Gasteiger partial charge on any atom is -0.371 e. The van der Waals surface area contributed by atoms with Crippen LogP contribution in [-0.4, -0.2) is 40.6 Å². The number of aryl methyl sites for hydroxylation is 2. The molecule has 0 radical (unpaired) electrons. The first-order valence-electron chi connectivity index (χ1n) is 8.87. The Bertz CT molecular complexity index is 960. The lowest BCUT2D eigenvalue weighted by Gasteiger charge is -2.21.